The van der Waals surface area contributed by atoms with Crippen molar-refractivity contribution in [1.82, 2.24) is 20.2 Å². The summed E-state index contributed by atoms with van der Waals surface area (Å²) in [5.41, 5.74) is 10.6. The molecule has 1 fully saturated rings. The van der Waals surface area contributed by atoms with Gasteiger partial charge in [0, 0.05) is 30.0 Å². The molecule has 1 aromatic heterocycles. The fourth-order valence-corrected chi connectivity index (χ4v) is 5.27. The van der Waals surface area contributed by atoms with Crippen LogP contribution in [-0.2, 0) is 23.1 Å². The van der Waals surface area contributed by atoms with Gasteiger partial charge in [-0.25, -0.2) is 4.68 Å². The van der Waals surface area contributed by atoms with Crippen molar-refractivity contribution in [2.45, 2.75) is 36.2 Å². The zero-order chi connectivity index (χ0) is 24.2. The van der Waals surface area contributed by atoms with Crippen LogP contribution in [0.25, 0.3) is 0 Å². The van der Waals surface area contributed by atoms with Gasteiger partial charge in [0.1, 0.15) is 0 Å². The van der Waals surface area contributed by atoms with Gasteiger partial charge in [0.2, 0.25) is 5.16 Å². The number of hydrogen-bond donors (Lipinski definition) is 2. The van der Waals surface area contributed by atoms with Crippen molar-refractivity contribution in [2.75, 3.05) is 11.5 Å². The van der Waals surface area contributed by atoms with Crippen LogP contribution in [0.1, 0.15) is 40.6 Å². The normalized spacial score (nSPS) is 22.2. The van der Waals surface area contributed by atoms with Gasteiger partial charge in [-0.3, -0.25) is 0 Å². The van der Waals surface area contributed by atoms with Gasteiger partial charge in [-0.2, -0.15) is 0 Å². The number of aromatic nitrogens is 4. The van der Waals surface area contributed by atoms with Crippen molar-refractivity contribution >= 4 is 17.4 Å². The molecule has 0 aliphatic carbocycles. The number of tetrazole rings is 1. The number of aryl methyl sites for hydroxylation is 1. The SMILES string of the molecule is Cn1nnnc1SCC1OC(c2cccc(N)c2)OC(c2ccc(CO)cc2)C1c1ccccc1. The van der Waals surface area contributed by atoms with E-state index in [1.165, 1.54) is 0 Å². The summed E-state index contributed by atoms with van der Waals surface area (Å²) in [7, 11) is 1.82. The van der Waals surface area contributed by atoms with E-state index in [1.807, 2.05) is 73.8 Å². The van der Waals surface area contributed by atoms with Crippen molar-refractivity contribution in [3.63, 3.8) is 0 Å². The predicted octanol–water partition coefficient (Wildman–Crippen LogP) is 4.02. The standard InChI is InChI=1S/C26H27N5O3S/c1-31-26(28-29-30-31)35-16-22-23(18-6-3-2-4-7-18)24(19-12-10-17(15-32)11-13-19)34-25(33-22)20-8-5-9-21(27)14-20/h2-14,22-25,32H,15-16,27H2,1H3. The largest absolute Gasteiger partial charge is 0.399 e. The predicted molar refractivity (Wildman–Crippen MR) is 133 cm³/mol. The molecule has 1 saturated heterocycles. The summed E-state index contributed by atoms with van der Waals surface area (Å²) >= 11 is 1.55. The molecule has 0 amide bonds. The Labute approximate surface area is 208 Å². The van der Waals surface area contributed by atoms with Gasteiger partial charge in [-0.1, -0.05) is 78.5 Å². The number of nitrogens with zero attached hydrogens (tertiary/aromatic N) is 4. The lowest BCUT2D eigenvalue weighted by molar-refractivity contribution is -0.255. The smallest absolute Gasteiger partial charge is 0.209 e. The number of hydrogen-bond acceptors (Lipinski definition) is 8. The quantitative estimate of drug-likeness (QED) is 0.296. The minimum absolute atomic E-state index is 0.00601. The average molecular weight is 490 g/mol. The summed E-state index contributed by atoms with van der Waals surface area (Å²) in [5.74, 6) is 0.545. The monoisotopic (exact) mass is 489 g/mol. The third-order valence-electron chi connectivity index (χ3n) is 6.11. The second-order valence-corrected chi connectivity index (χ2v) is 9.45. The molecule has 35 heavy (non-hydrogen) atoms. The van der Waals surface area contributed by atoms with Crippen LogP contribution in [0.15, 0.2) is 84.0 Å². The minimum Gasteiger partial charge on any atom is -0.399 e. The van der Waals surface area contributed by atoms with Crippen molar-refractivity contribution < 1.29 is 14.6 Å². The molecule has 0 spiro atoms. The molecule has 2 heterocycles. The van der Waals surface area contributed by atoms with Crippen molar-refractivity contribution in [3.05, 3.63) is 101 Å². The van der Waals surface area contributed by atoms with Gasteiger partial charge >= 0.3 is 0 Å². The van der Waals surface area contributed by atoms with Crippen LogP contribution >= 0.6 is 11.8 Å². The highest BCUT2D eigenvalue weighted by Gasteiger charge is 2.42. The fraction of sp³-hybridized carbons (Fsp3) is 0.269. The Morgan fingerprint density at radius 2 is 1.71 bits per heavy atom. The van der Waals surface area contributed by atoms with Crippen LogP contribution in [0.3, 0.4) is 0 Å². The number of nitrogens with two attached hydrogens (primary N) is 1. The molecule has 1 aliphatic rings. The zero-order valence-corrected chi connectivity index (χ0v) is 20.1. The Balaban J connectivity index is 1.54. The van der Waals surface area contributed by atoms with Crippen LogP contribution in [0.5, 0.6) is 0 Å². The summed E-state index contributed by atoms with van der Waals surface area (Å²) in [5, 5.41) is 22.1. The van der Waals surface area contributed by atoms with E-state index in [2.05, 4.69) is 27.7 Å². The Hall–Kier alpha value is -3.24. The van der Waals surface area contributed by atoms with Gasteiger partial charge in [0.15, 0.2) is 6.29 Å². The molecule has 0 bridgehead atoms. The number of anilines is 1. The molecule has 4 unspecified atom stereocenters. The maximum absolute atomic E-state index is 9.53. The third kappa shape index (κ3) is 5.23. The van der Waals surface area contributed by atoms with Crippen molar-refractivity contribution in [3.8, 4) is 0 Å². The molecule has 1 aliphatic heterocycles. The first-order chi connectivity index (χ1) is 17.1. The highest BCUT2D eigenvalue weighted by molar-refractivity contribution is 7.99. The molecule has 0 radical (unpaired) electrons. The summed E-state index contributed by atoms with van der Waals surface area (Å²) in [6, 6.07) is 25.8. The van der Waals surface area contributed by atoms with E-state index < -0.39 is 6.29 Å². The van der Waals surface area contributed by atoms with Crippen LogP contribution in [-0.4, -0.2) is 37.2 Å². The molecule has 180 valence electrons. The van der Waals surface area contributed by atoms with E-state index in [9.17, 15) is 5.11 Å². The second-order valence-electron chi connectivity index (χ2n) is 8.47. The Morgan fingerprint density at radius 1 is 0.943 bits per heavy atom. The summed E-state index contributed by atoms with van der Waals surface area (Å²) in [6.07, 6.45) is -1.08. The van der Waals surface area contributed by atoms with Gasteiger partial charge in [-0.05, 0) is 39.2 Å². The minimum atomic E-state index is -0.593. The average Bonchev–Trinajstić information content (AvgIpc) is 3.32. The van der Waals surface area contributed by atoms with E-state index in [0.29, 0.717) is 11.4 Å². The summed E-state index contributed by atoms with van der Waals surface area (Å²) in [6.45, 7) is -0.00601. The van der Waals surface area contributed by atoms with Crippen LogP contribution in [0.2, 0.25) is 0 Å². The van der Waals surface area contributed by atoms with Gasteiger partial charge in [0.25, 0.3) is 0 Å². The van der Waals surface area contributed by atoms with E-state index >= 15 is 0 Å². The second kappa shape index (κ2) is 10.6. The lowest BCUT2D eigenvalue weighted by Crippen LogP contribution is -2.38. The number of ether oxygens (including phenoxy) is 2. The fourth-order valence-electron chi connectivity index (χ4n) is 4.36. The van der Waals surface area contributed by atoms with E-state index in [1.54, 1.807) is 16.4 Å². The number of benzene rings is 3. The summed E-state index contributed by atoms with van der Waals surface area (Å²) in [4.78, 5) is 0. The number of rotatable bonds is 7. The molecule has 5 rings (SSSR count). The number of aliphatic hydroxyl groups excluding tert-OH is 1. The lowest BCUT2D eigenvalue weighted by atomic mass is 9.84. The molecule has 8 nitrogen and oxygen atoms in total. The maximum Gasteiger partial charge on any atom is 0.209 e. The molecule has 9 heteroatoms. The third-order valence-corrected chi connectivity index (χ3v) is 7.21. The van der Waals surface area contributed by atoms with Gasteiger partial charge < -0.3 is 20.3 Å². The lowest BCUT2D eigenvalue weighted by Gasteiger charge is -2.43. The molecule has 4 aromatic rings. The Bertz CT molecular complexity index is 1250. The van der Waals surface area contributed by atoms with Crippen LogP contribution < -0.4 is 5.73 Å². The van der Waals surface area contributed by atoms with Gasteiger partial charge in [-0.15, -0.1) is 5.10 Å². The Kier molecular flexibility index (Phi) is 7.10. The molecular weight excluding hydrogens is 462 g/mol. The zero-order valence-electron chi connectivity index (χ0n) is 19.3. The van der Waals surface area contributed by atoms with Crippen LogP contribution in [0.4, 0.5) is 5.69 Å². The molecule has 0 saturated carbocycles. The number of aliphatic hydroxyl groups is 1. The number of thioether (sulfide) groups is 1. The molecule has 3 aromatic carbocycles. The topological polar surface area (TPSA) is 108 Å². The summed E-state index contributed by atoms with van der Waals surface area (Å²) < 4.78 is 14.9. The molecule has 4 atom stereocenters. The van der Waals surface area contributed by atoms with Crippen LogP contribution in [0, 0.1) is 0 Å². The first-order valence-electron chi connectivity index (χ1n) is 11.4. The number of nitrogen functional groups attached to an aromatic ring is 1. The first kappa shape index (κ1) is 23.5. The van der Waals surface area contributed by atoms with E-state index in [4.69, 9.17) is 15.2 Å². The maximum atomic E-state index is 9.53. The Morgan fingerprint density at radius 3 is 2.40 bits per heavy atom. The van der Waals surface area contributed by atoms with E-state index in [0.717, 1.165) is 27.4 Å². The highest BCUT2D eigenvalue weighted by atomic mass is 32.2. The van der Waals surface area contributed by atoms with Crippen molar-refractivity contribution in [2.24, 2.45) is 7.05 Å². The first-order valence-corrected chi connectivity index (χ1v) is 12.4. The van der Waals surface area contributed by atoms with Crippen molar-refractivity contribution in [1.29, 1.82) is 0 Å². The van der Waals surface area contributed by atoms with E-state index in [-0.39, 0.29) is 24.7 Å². The van der Waals surface area contributed by atoms with Gasteiger partial charge in [0.05, 0.1) is 18.8 Å². The molecular formula is C26H27N5O3S. The molecule has 3 N–H and O–H groups in total. The highest BCUT2D eigenvalue weighted by Crippen LogP contribution is 2.48.